The highest BCUT2D eigenvalue weighted by atomic mass is 35.5. The van der Waals surface area contributed by atoms with Crippen molar-refractivity contribution in [3.8, 4) is 5.75 Å². The normalized spacial score (nSPS) is 12.6. The van der Waals surface area contributed by atoms with Gasteiger partial charge in [0.1, 0.15) is 11.4 Å². The number of nitrogens with zero attached hydrogens (tertiary/aromatic N) is 2. The molecule has 1 atom stereocenters. The summed E-state index contributed by atoms with van der Waals surface area (Å²) in [6, 6.07) is 14.5. The summed E-state index contributed by atoms with van der Waals surface area (Å²) in [5.74, 6) is 0.341. The van der Waals surface area contributed by atoms with Crippen molar-refractivity contribution in [2.45, 2.75) is 57.6 Å². The number of imidazole rings is 1. The lowest BCUT2D eigenvalue weighted by Gasteiger charge is -2.17. The maximum atomic E-state index is 13.2. The molecule has 0 bridgehead atoms. The fraction of sp³-hybridized carbons (Fsp3) is 0.333. The molecule has 0 aliphatic heterocycles. The first-order valence-corrected chi connectivity index (χ1v) is 15.3. The second-order valence-corrected chi connectivity index (χ2v) is 12.5. The Balaban J connectivity index is 1.58. The van der Waals surface area contributed by atoms with Gasteiger partial charge in [0, 0.05) is 34.5 Å². The Labute approximate surface area is 239 Å². The summed E-state index contributed by atoms with van der Waals surface area (Å²) in [4.78, 5) is 18.2. The Morgan fingerprint density at radius 3 is 2.45 bits per heavy atom. The average Bonchev–Trinajstić information content (AvgIpc) is 3.29. The Kier molecular flexibility index (Phi) is 9.18. The largest absolute Gasteiger partial charge is 0.491 e. The molecule has 40 heavy (non-hydrogen) atoms. The lowest BCUT2D eigenvalue weighted by atomic mass is 10.1. The van der Waals surface area contributed by atoms with E-state index in [2.05, 4.69) is 12.2 Å². The minimum atomic E-state index is -3.34. The summed E-state index contributed by atoms with van der Waals surface area (Å²) in [7, 11) is -3.34. The van der Waals surface area contributed by atoms with Gasteiger partial charge < -0.3 is 19.6 Å². The number of hydrogen-bond acceptors (Lipinski definition) is 6. The Morgan fingerprint density at radius 2 is 1.82 bits per heavy atom. The zero-order valence-corrected chi connectivity index (χ0v) is 24.6. The molecule has 0 spiro atoms. The minimum Gasteiger partial charge on any atom is -0.491 e. The number of halogens is 1. The summed E-state index contributed by atoms with van der Waals surface area (Å²) in [5.41, 5.74) is 4.51. The van der Waals surface area contributed by atoms with E-state index in [1.54, 1.807) is 31.2 Å². The lowest BCUT2D eigenvalue weighted by molar-refractivity contribution is 0.0916. The summed E-state index contributed by atoms with van der Waals surface area (Å²) < 4.78 is 32.2. The first-order valence-electron chi connectivity index (χ1n) is 13.3. The van der Waals surface area contributed by atoms with Gasteiger partial charge in [-0.15, -0.1) is 0 Å². The molecular weight excluding hydrogens is 550 g/mol. The second-order valence-electron chi connectivity index (χ2n) is 9.78. The number of hydrogen-bond donors (Lipinski definition) is 2. The third-order valence-corrected chi connectivity index (χ3v) is 8.65. The van der Waals surface area contributed by atoms with Crippen molar-refractivity contribution in [3.63, 3.8) is 0 Å². The second kappa shape index (κ2) is 12.4. The van der Waals surface area contributed by atoms with E-state index in [1.165, 1.54) is 12.1 Å². The smallest absolute Gasteiger partial charge is 0.252 e. The van der Waals surface area contributed by atoms with Crippen LogP contribution in [-0.4, -0.2) is 47.3 Å². The lowest BCUT2D eigenvalue weighted by Crippen LogP contribution is -2.30. The van der Waals surface area contributed by atoms with Crippen LogP contribution in [0.4, 0.5) is 0 Å². The molecule has 2 aromatic carbocycles. The maximum Gasteiger partial charge on any atom is 0.252 e. The zero-order chi connectivity index (χ0) is 29.0. The third-order valence-electron chi connectivity index (χ3n) is 6.66. The highest BCUT2D eigenvalue weighted by molar-refractivity contribution is 7.91. The van der Waals surface area contributed by atoms with Crippen LogP contribution in [0.1, 0.15) is 66.6 Å². The first-order chi connectivity index (χ1) is 19.1. The van der Waals surface area contributed by atoms with E-state index in [0.717, 1.165) is 29.1 Å². The third kappa shape index (κ3) is 6.49. The predicted octanol–water partition coefficient (Wildman–Crippen LogP) is 5.19. The van der Waals surface area contributed by atoms with Gasteiger partial charge in [-0.25, -0.2) is 13.4 Å². The van der Waals surface area contributed by atoms with Gasteiger partial charge in [0.25, 0.3) is 5.91 Å². The van der Waals surface area contributed by atoms with Crippen LogP contribution >= 0.6 is 11.6 Å². The molecule has 0 saturated heterocycles. The van der Waals surface area contributed by atoms with E-state index in [0.29, 0.717) is 28.2 Å². The van der Waals surface area contributed by atoms with Crippen LogP contribution in [0.2, 0.25) is 5.02 Å². The molecule has 4 aromatic rings. The number of pyridine rings is 1. The number of carbonyl (C=O) groups excluding carboxylic acids is 1. The van der Waals surface area contributed by atoms with Crippen molar-refractivity contribution in [2.24, 2.45) is 0 Å². The van der Waals surface area contributed by atoms with Crippen molar-refractivity contribution >= 4 is 33.0 Å². The van der Waals surface area contributed by atoms with Crippen LogP contribution in [0.3, 0.4) is 0 Å². The van der Waals surface area contributed by atoms with Gasteiger partial charge in [0.05, 0.1) is 35.1 Å². The van der Waals surface area contributed by atoms with Crippen LogP contribution in [0, 0.1) is 0 Å². The number of aryl methyl sites for hydroxylation is 1. The van der Waals surface area contributed by atoms with Gasteiger partial charge >= 0.3 is 0 Å². The topological polar surface area (TPSA) is 110 Å². The number of nitrogens with one attached hydrogen (secondary N) is 1. The fourth-order valence-corrected chi connectivity index (χ4v) is 5.62. The molecule has 0 aliphatic rings. The number of rotatable bonds is 11. The molecular formula is C30H34ClN3O5S. The Hall–Kier alpha value is -3.40. The van der Waals surface area contributed by atoms with E-state index in [9.17, 15) is 18.3 Å². The Morgan fingerprint density at radius 1 is 1.10 bits per heavy atom. The van der Waals surface area contributed by atoms with Crippen molar-refractivity contribution in [3.05, 3.63) is 93.9 Å². The molecule has 212 valence electrons. The van der Waals surface area contributed by atoms with E-state index < -0.39 is 15.9 Å². The fourth-order valence-electron chi connectivity index (χ4n) is 4.57. The highest BCUT2D eigenvalue weighted by Crippen LogP contribution is 2.28. The number of aliphatic hydroxyl groups is 1. The van der Waals surface area contributed by atoms with Gasteiger partial charge in [0.2, 0.25) is 0 Å². The number of ether oxygens (including phenoxy) is 1. The maximum absolute atomic E-state index is 13.2. The minimum absolute atomic E-state index is 0.00317. The van der Waals surface area contributed by atoms with Crippen LogP contribution in [-0.2, 0) is 22.7 Å². The molecule has 2 N–H and O–H groups in total. The van der Waals surface area contributed by atoms with Gasteiger partial charge in [-0.3, -0.25) is 4.79 Å². The molecule has 0 saturated carbocycles. The molecule has 0 aliphatic carbocycles. The van der Waals surface area contributed by atoms with Crippen molar-refractivity contribution in [1.82, 2.24) is 14.7 Å². The van der Waals surface area contributed by atoms with Crippen LogP contribution in [0.25, 0.3) is 5.65 Å². The summed E-state index contributed by atoms with van der Waals surface area (Å²) in [5, 5.41) is 13.4. The molecule has 0 fully saturated rings. The van der Waals surface area contributed by atoms with Crippen LogP contribution in [0.15, 0.2) is 65.7 Å². The Bertz CT molecular complexity index is 1610. The molecule has 10 heteroatoms. The van der Waals surface area contributed by atoms with Gasteiger partial charge in [-0.1, -0.05) is 43.6 Å². The summed E-state index contributed by atoms with van der Waals surface area (Å²) in [6.07, 6.45) is 3.11. The number of amides is 1. The molecule has 2 aromatic heterocycles. The van der Waals surface area contributed by atoms with Gasteiger partial charge in [0.15, 0.2) is 9.84 Å². The molecule has 4 rings (SSSR count). The SMILES string of the molecule is CCc1c(Cc2ccc(Cl)cc2OC(C)C)nc2cc(C(=O)N[C@@H](CO)c3ccc(S(=O)(=O)CC)cc3)ccn12. The quantitative estimate of drug-likeness (QED) is 0.252. The number of benzene rings is 2. The van der Waals surface area contributed by atoms with Gasteiger partial charge in [-0.05, 0) is 62.2 Å². The van der Waals surface area contributed by atoms with Crippen molar-refractivity contribution in [1.29, 1.82) is 0 Å². The first kappa shape index (κ1) is 29.6. The predicted molar refractivity (Wildman–Crippen MR) is 156 cm³/mol. The molecule has 0 unspecified atom stereocenters. The zero-order valence-electron chi connectivity index (χ0n) is 23.0. The van der Waals surface area contributed by atoms with Crippen molar-refractivity contribution in [2.75, 3.05) is 12.4 Å². The van der Waals surface area contributed by atoms with Crippen LogP contribution < -0.4 is 10.1 Å². The number of sulfone groups is 1. The number of aromatic nitrogens is 2. The summed E-state index contributed by atoms with van der Waals surface area (Å²) in [6.45, 7) is 7.23. The monoisotopic (exact) mass is 583 g/mol. The molecule has 8 nitrogen and oxygen atoms in total. The average molecular weight is 584 g/mol. The number of aliphatic hydroxyl groups excluding tert-OH is 1. The molecule has 0 radical (unpaired) electrons. The van der Waals surface area contributed by atoms with E-state index in [4.69, 9.17) is 21.3 Å². The van der Waals surface area contributed by atoms with E-state index in [1.807, 2.05) is 42.6 Å². The van der Waals surface area contributed by atoms with E-state index in [-0.39, 0.29) is 29.3 Å². The van der Waals surface area contributed by atoms with E-state index >= 15 is 0 Å². The standard InChI is InChI=1S/C30H34ClN3O5S/c1-5-27-25(15-21-7-10-23(31)17-28(21)39-19(3)4)32-29-16-22(13-14-34(27)29)30(36)33-26(18-35)20-8-11-24(12-9-20)40(37,38)6-2/h7-14,16-17,19,26,35H,5-6,15,18H2,1-4H3,(H,33,36)/t26-/m0/s1. The summed E-state index contributed by atoms with van der Waals surface area (Å²) >= 11 is 6.21. The van der Waals surface area contributed by atoms with Crippen LogP contribution in [0.5, 0.6) is 5.75 Å². The number of carbonyl (C=O) groups is 1. The van der Waals surface area contributed by atoms with Gasteiger partial charge in [-0.2, -0.15) is 0 Å². The number of fused-ring (bicyclic) bond motifs is 1. The molecule has 1 amide bonds. The van der Waals surface area contributed by atoms with Crippen molar-refractivity contribution < 1.29 is 23.1 Å². The molecule has 2 heterocycles. The highest BCUT2D eigenvalue weighted by Gasteiger charge is 2.20.